The molecule has 80 valence electrons. The maximum Gasteiger partial charge on any atom is 0.0400 e. The van der Waals surface area contributed by atoms with E-state index < -0.39 is 0 Å². The van der Waals surface area contributed by atoms with Gasteiger partial charge in [0.05, 0.1) is 0 Å². The van der Waals surface area contributed by atoms with Crippen molar-refractivity contribution >= 4 is 21.6 Å². The number of rotatable bonds is 3. The van der Waals surface area contributed by atoms with Gasteiger partial charge in [-0.3, -0.25) is 0 Å². The predicted molar refractivity (Wildman–Crippen MR) is 70.2 cm³/mol. The van der Waals surface area contributed by atoms with E-state index in [1.54, 1.807) is 0 Å². The lowest BCUT2D eigenvalue weighted by molar-refractivity contribution is 1.08. The molecule has 0 atom stereocenters. The van der Waals surface area contributed by atoms with Crippen LogP contribution in [0.15, 0.2) is 16.6 Å². The molecule has 0 aliphatic rings. The van der Waals surface area contributed by atoms with Crippen molar-refractivity contribution in [1.29, 1.82) is 0 Å². The standard InChI is InChI=1S/C13H16BrN/c1-4-5-6-7-15-13-10(2)8-12(14)9-11(13)3/h8-9,15H,6-7H2,1-3H3. The molecule has 0 saturated carbocycles. The number of halogens is 1. The van der Waals surface area contributed by atoms with Crippen LogP contribution in [0, 0.1) is 25.7 Å². The number of aryl methyl sites for hydroxylation is 2. The molecule has 0 radical (unpaired) electrons. The lowest BCUT2D eigenvalue weighted by atomic mass is 10.1. The first-order chi connectivity index (χ1) is 7.15. The van der Waals surface area contributed by atoms with Gasteiger partial charge in [-0.2, -0.15) is 0 Å². The minimum absolute atomic E-state index is 0.894. The molecule has 15 heavy (non-hydrogen) atoms. The molecule has 0 aromatic heterocycles. The molecule has 1 aromatic rings. The van der Waals surface area contributed by atoms with Crippen LogP contribution < -0.4 is 5.32 Å². The van der Waals surface area contributed by atoms with E-state index in [-0.39, 0.29) is 0 Å². The number of hydrogen-bond donors (Lipinski definition) is 1. The highest BCUT2D eigenvalue weighted by Gasteiger charge is 2.02. The van der Waals surface area contributed by atoms with Crippen molar-refractivity contribution in [2.45, 2.75) is 27.2 Å². The van der Waals surface area contributed by atoms with E-state index in [9.17, 15) is 0 Å². The van der Waals surface area contributed by atoms with Gasteiger partial charge in [-0.1, -0.05) is 15.9 Å². The molecule has 1 rings (SSSR count). The third kappa shape index (κ3) is 3.60. The molecule has 0 heterocycles. The predicted octanol–water partition coefficient (Wildman–Crippen LogP) is 3.89. The van der Waals surface area contributed by atoms with Gasteiger partial charge in [0.25, 0.3) is 0 Å². The molecule has 1 N–H and O–H groups in total. The lowest BCUT2D eigenvalue weighted by Gasteiger charge is -2.12. The summed E-state index contributed by atoms with van der Waals surface area (Å²) in [5.41, 5.74) is 3.77. The summed E-state index contributed by atoms with van der Waals surface area (Å²) in [6.07, 6.45) is 0.894. The average molecular weight is 266 g/mol. The van der Waals surface area contributed by atoms with Gasteiger partial charge in [-0.25, -0.2) is 0 Å². The van der Waals surface area contributed by atoms with Crippen LogP contribution >= 0.6 is 15.9 Å². The Hall–Kier alpha value is -0.940. The number of benzene rings is 1. The molecule has 1 nitrogen and oxygen atoms in total. The Bertz CT molecular complexity index is 376. The number of hydrogen-bond acceptors (Lipinski definition) is 1. The van der Waals surface area contributed by atoms with Crippen LogP contribution in [0.1, 0.15) is 24.5 Å². The van der Waals surface area contributed by atoms with Crippen molar-refractivity contribution in [3.05, 3.63) is 27.7 Å². The van der Waals surface area contributed by atoms with Gasteiger partial charge < -0.3 is 5.32 Å². The Kier molecular flexibility index (Phi) is 4.71. The summed E-state index contributed by atoms with van der Waals surface area (Å²) in [4.78, 5) is 0. The quantitative estimate of drug-likeness (QED) is 0.646. The summed E-state index contributed by atoms with van der Waals surface area (Å²) in [5.74, 6) is 5.94. The molecule has 0 unspecified atom stereocenters. The molecule has 0 spiro atoms. The maximum atomic E-state index is 3.49. The van der Waals surface area contributed by atoms with Crippen LogP contribution in [0.5, 0.6) is 0 Å². The van der Waals surface area contributed by atoms with Crippen LogP contribution in [-0.2, 0) is 0 Å². The van der Waals surface area contributed by atoms with Gasteiger partial charge in [0.1, 0.15) is 0 Å². The smallest absolute Gasteiger partial charge is 0.0400 e. The summed E-state index contributed by atoms with van der Waals surface area (Å²) in [6.45, 7) is 7.01. The van der Waals surface area contributed by atoms with Crippen molar-refractivity contribution in [2.24, 2.45) is 0 Å². The van der Waals surface area contributed by atoms with Gasteiger partial charge in [-0.05, 0) is 44.0 Å². The molecule has 0 saturated heterocycles. The SMILES string of the molecule is CC#CCCNc1c(C)cc(Br)cc1C. The Morgan fingerprint density at radius 2 is 1.87 bits per heavy atom. The first-order valence-electron chi connectivity index (χ1n) is 5.05. The first kappa shape index (κ1) is 12.1. The second-order valence-electron chi connectivity index (χ2n) is 3.52. The Balaban J connectivity index is 2.71. The van der Waals surface area contributed by atoms with Crippen molar-refractivity contribution < 1.29 is 0 Å². The first-order valence-corrected chi connectivity index (χ1v) is 5.84. The van der Waals surface area contributed by atoms with Crippen LogP contribution in [-0.4, -0.2) is 6.54 Å². The van der Waals surface area contributed by atoms with Crippen molar-refractivity contribution in [3.8, 4) is 11.8 Å². The van der Waals surface area contributed by atoms with Gasteiger partial charge in [0.2, 0.25) is 0 Å². The zero-order chi connectivity index (χ0) is 11.3. The van der Waals surface area contributed by atoms with Crippen molar-refractivity contribution in [2.75, 3.05) is 11.9 Å². The Morgan fingerprint density at radius 3 is 2.40 bits per heavy atom. The van der Waals surface area contributed by atoms with E-state index in [2.05, 4.69) is 59.1 Å². The van der Waals surface area contributed by atoms with Crippen LogP contribution in [0.25, 0.3) is 0 Å². The minimum Gasteiger partial charge on any atom is -0.384 e. The summed E-state index contributed by atoms with van der Waals surface area (Å²) >= 11 is 3.49. The van der Waals surface area contributed by atoms with Crippen LogP contribution in [0.4, 0.5) is 5.69 Å². The van der Waals surface area contributed by atoms with E-state index in [0.717, 1.165) is 17.4 Å². The number of nitrogens with one attached hydrogen (secondary N) is 1. The van der Waals surface area contributed by atoms with E-state index in [4.69, 9.17) is 0 Å². The van der Waals surface area contributed by atoms with Gasteiger partial charge in [0, 0.05) is 23.1 Å². The fourth-order valence-electron chi connectivity index (χ4n) is 1.56. The van der Waals surface area contributed by atoms with Gasteiger partial charge in [-0.15, -0.1) is 11.8 Å². The van der Waals surface area contributed by atoms with E-state index in [1.807, 2.05) is 6.92 Å². The average Bonchev–Trinajstić information content (AvgIpc) is 2.15. The van der Waals surface area contributed by atoms with Gasteiger partial charge in [0.15, 0.2) is 0 Å². The third-order valence-electron chi connectivity index (χ3n) is 2.23. The third-order valence-corrected chi connectivity index (χ3v) is 2.68. The maximum absolute atomic E-state index is 3.49. The minimum atomic E-state index is 0.894. The number of anilines is 1. The molecule has 0 aliphatic carbocycles. The highest BCUT2D eigenvalue weighted by Crippen LogP contribution is 2.24. The summed E-state index contributed by atoms with van der Waals surface area (Å²) in [7, 11) is 0. The highest BCUT2D eigenvalue weighted by molar-refractivity contribution is 9.10. The van der Waals surface area contributed by atoms with E-state index in [0.29, 0.717) is 0 Å². The molecule has 2 heteroatoms. The molecule has 0 amide bonds. The fraction of sp³-hybridized carbons (Fsp3) is 0.385. The molecule has 0 fully saturated rings. The molecular weight excluding hydrogens is 250 g/mol. The second-order valence-corrected chi connectivity index (χ2v) is 4.43. The van der Waals surface area contributed by atoms with Crippen molar-refractivity contribution in [1.82, 2.24) is 0 Å². The van der Waals surface area contributed by atoms with Gasteiger partial charge >= 0.3 is 0 Å². The molecule has 0 aliphatic heterocycles. The zero-order valence-corrected chi connectivity index (χ0v) is 11.0. The topological polar surface area (TPSA) is 12.0 Å². The molecular formula is C13H16BrN. The lowest BCUT2D eigenvalue weighted by Crippen LogP contribution is -2.04. The van der Waals surface area contributed by atoms with Crippen molar-refractivity contribution in [3.63, 3.8) is 0 Å². The normalized spacial score (nSPS) is 9.33. The highest BCUT2D eigenvalue weighted by atomic mass is 79.9. The largest absolute Gasteiger partial charge is 0.384 e. The van der Waals surface area contributed by atoms with E-state index in [1.165, 1.54) is 16.8 Å². The van der Waals surface area contributed by atoms with E-state index >= 15 is 0 Å². The van der Waals surface area contributed by atoms with Crippen LogP contribution in [0.3, 0.4) is 0 Å². The summed E-state index contributed by atoms with van der Waals surface area (Å²) < 4.78 is 1.14. The zero-order valence-electron chi connectivity index (χ0n) is 9.45. The fourth-order valence-corrected chi connectivity index (χ4v) is 2.25. The summed E-state index contributed by atoms with van der Waals surface area (Å²) in [5, 5.41) is 3.42. The Morgan fingerprint density at radius 1 is 1.27 bits per heavy atom. The molecule has 1 aromatic carbocycles. The summed E-state index contributed by atoms with van der Waals surface area (Å²) in [6, 6.07) is 4.25. The monoisotopic (exact) mass is 265 g/mol. The van der Waals surface area contributed by atoms with Crippen LogP contribution in [0.2, 0.25) is 0 Å². The molecule has 0 bridgehead atoms. The second kappa shape index (κ2) is 5.82. The Labute approximate surface area is 100 Å².